The first-order chi connectivity index (χ1) is 9.94. The van der Waals surface area contributed by atoms with Gasteiger partial charge >= 0.3 is 0 Å². The molecule has 2 unspecified atom stereocenters. The zero-order valence-electron chi connectivity index (χ0n) is 13.6. The van der Waals surface area contributed by atoms with Gasteiger partial charge < -0.3 is 15.8 Å². The fourth-order valence-corrected chi connectivity index (χ4v) is 2.07. The molecule has 1 amide bonds. The highest BCUT2D eigenvalue weighted by Crippen LogP contribution is 2.28. The molecule has 0 heterocycles. The zero-order valence-corrected chi connectivity index (χ0v) is 13.6. The molecule has 0 aliphatic carbocycles. The largest absolute Gasteiger partial charge is 0.491 e. The number of amides is 1. The number of nitrogens with one attached hydrogen (secondary N) is 1. The molecule has 0 saturated carbocycles. The second kappa shape index (κ2) is 8.03. The first-order valence-electron chi connectivity index (χ1n) is 7.71. The average molecular weight is 292 g/mol. The first kappa shape index (κ1) is 17.5. The summed E-state index contributed by atoms with van der Waals surface area (Å²) < 4.78 is 5.92. The topological polar surface area (TPSA) is 64.3 Å². The van der Waals surface area contributed by atoms with Crippen molar-refractivity contribution in [3.63, 3.8) is 0 Å². The normalized spacial score (nSPS) is 15.2. The summed E-state index contributed by atoms with van der Waals surface area (Å²) >= 11 is 0. The van der Waals surface area contributed by atoms with Crippen LogP contribution in [0.5, 0.6) is 5.75 Å². The molecule has 4 nitrogen and oxygen atoms in total. The summed E-state index contributed by atoms with van der Waals surface area (Å²) in [4.78, 5) is 11.7. The Morgan fingerprint density at radius 1 is 1.38 bits per heavy atom. The van der Waals surface area contributed by atoms with Crippen LogP contribution < -0.4 is 15.8 Å². The molecular weight excluding hydrogens is 264 g/mol. The molecule has 1 rings (SSSR count). The monoisotopic (exact) mass is 292 g/mol. The molecule has 2 atom stereocenters. The number of hydrogen-bond acceptors (Lipinski definition) is 3. The molecule has 0 aliphatic rings. The fraction of sp³-hybridized carbons (Fsp3) is 0.588. The van der Waals surface area contributed by atoms with Crippen LogP contribution in [-0.4, -0.2) is 24.6 Å². The van der Waals surface area contributed by atoms with E-state index in [1.807, 2.05) is 25.1 Å². The molecule has 0 aromatic heterocycles. The fourth-order valence-electron chi connectivity index (χ4n) is 2.07. The van der Waals surface area contributed by atoms with Crippen molar-refractivity contribution in [1.82, 2.24) is 5.32 Å². The van der Waals surface area contributed by atoms with E-state index in [9.17, 15) is 4.79 Å². The van der Waals surface area contributed by atoms with E-state index >= 15 is 0 Å². The predicted molar refractivity (Wildman–Crippen MR) is 86.5 cm³/mol. The molecule has 21 heavy (non-hydrogen) atoms. The number of carbonyl (C=O) groups is 1. The van der Waals surface area contributed by atoms with Crippen LogP contribution in [0.25, 0.3) is 0 Å². The highest BCUT2D eigenvalue weighted by atomic mass is 16.5. The molecule has 0 saturated heterocycles. The van der Waals surface area contributed by atoms with E-state index < -0.39 is 11.4 Å². The Hall–Kier alpha value is -1.55. The summed E-state index contributed by atoms with van der Waals surface area (Å²) in [5.41, 5.74) is 5.84. The average Bonchev–Trinajstić information content (AvgIpc) is 2.50. The van der Waals surface area contributed by atoms with Gasteiger partial charge in [-0.3, -0.25) is 4.79 Å². The van der Waals surface area contributed by atoms with Crippen molar-refractivity contribution in [2.45, 2.75) is 52.0 Å². The second-order valence-corrected chi connectivity index (χ2v) is 5.76. The Balaban J connectivity index is 2.83. The zero-order chi connectivity index (χ0) is 15.9. The Kier molecular flexibility index (Phi) is 6.69. The van der Waals surface area contributed by atoms with Crippen LogP contribution in [-0.2, 0) is 4.79 Å². The molecule has 3 N–H and O–H groups in total. The van der Waals surface area contributed by atoms with E-state index in [0.717, 1.165) is 25.1 Å². The van der Waals surface area contributed by atoms with E-state index in [4.69, 9.17) is 10.5 Å². The lowest BCUT2D eigenvalue weighted by molar-refractivity contribution is -0.125. The minimum atomic E-state index is -0.849. The van der Waals surface area contributed by atoms with Gasteiger partial charge in [-0.05, 0) is 43.9 Å². The Morgan fingerprint density at radius 2 is 2.05 bits per heavy atom. The van der Waals surface area contributed by atoms with E-state index in [1.165, 1.54) is 5.56 Å². The predicted octanol–water partition coefficient (Wildman–Crippen LogP) is 2.82. The number of nitrogens with two attached hydrogens (primary N) is 1. The molecule has 0 bridgehead atoms. The van der Waals surface area contributed by atoms with Gasteiger partial charge in [-0.25, -0.2) is 0 Å². The van der Waals surface area contributed by atoms with Crippen LogP contribution in [0.1, 0.15) is 52.0 Å². The van der Waals surface area contributed by atoms with Crippen molar-refractivity contribution in [2.24, 2.45) is 5.73 Å². The van der Waals surface area contributed by atoms with Crippen molar-refractivity contribution in [3.05, 3.63) is 29.8 Å². The van der Waals surface area contributed by atoms with Crippen molar-refractivity contribution >= 4 is 5.91 Å². The number of hydrogen-bond donors (Lipinski definition) is 2. The van der Waals surface area contributed by atoms with Gasteiger partial charge in [0.2, 0.25) is 5.91 Å². The third-order valence-electron chi connectivity index (χ3n) is 3.89. The molecular formula is C17H28N2O2. The van der Waals surface area contributed by atoms with Crippen LogP contribution >= 0.6 is 0 Å². The van der Waals surface area contributed by atoms with Crippen molar-refractivity contribution < 1.29 is 9.53 Å². The molecule has 1 aromatic rings. The van der Waals surface area contributed by atoms with E-state index in [0.29, 0.717) is 5.92 Å². The summed E-state index contributed by atoms with van der Waals surface area (Å²) in [6.07, 6.45) is 1.98. The lowest BCUT2D eigenvalue weighted by atomic mass is 9.97. The van der Waals surface area contributed by atoms with Crippen molar-refractivity contribution in [2.75, 3.05) is 13.2 Å². The highest BCUT2D eigenvalue weighted by molar-refractivity contribution is 5.84. The van der Waals surface area contributed by atoms with Gasteiger partial charge in [-0.2, -0.15) is 0 Å². The Bertz CT molecular complexity index is 462. The molecule has 118 valence electrons. The van der Waals surface area contributed by atoms with Crippen LogP contribution in [0.3, 0.4) is 0 Å². The third-order valence-corrected chi connectivity index (χ3v) is 3.89. The Labute approximate surface area is 128 Å². The number of primary amides is 1. The summed E-state index contributed by atoms with van der Waals surface area (Å²) in [6, 6.07) is 7.98. The minimum Gasteiger partial charge on any atom is -0.491 e. The maximum atomic E-state index is 11.7. The van der Waals surface area contributed by atoms with Gasteiger partial charge in [-0.1, -0.05) is 39.0 Å². The number of benzene rings is 1. The maximum absolute atomic E-state index is 11.7. The third kappa shape index (κ3) is 4.74. The lowest BCUT2D eigenvalue weighted by Crippen LogP contribution is -2.57. The minimum absolute atomic E-state index is 0.232. The van der Waals surface area contributed by atoms with Gasteiger partial charge in [0.1, 0.15) is 17.9 Å². The van der Waals surface area contributed by atoms with Gasteiger partial charge in [0.15, 0.2) is 0 Å². The number of carbonyl (C=O) groups excluding carboxylic acids is 1. The van der Waals surface area contributed by atoms with Gasteiger partial charge in [0.25, 0.3) is 0 Å². The summed E-state index contributed by atoms with van der Waals surface area (Å²) in [7, 11) is 0. The van der Waals surface area contributed by atoms with E-state index in [1.54, 1.807) is 6.92 Å². The van der Waals surface area contributed by atoms with E-state index in [2.05, 4.69) is 25.2 Å². The summed E-state index contributed by atoms with van der Waals surface area (Å²) in [5, 5.41) is 3.18. The second-order valence-electron chi connectivity index (χ2n) is 5.76. The molecule has 0 aliphatic heterocycles. The first-order valence-corrected chi connectivity index (χ1v) is 7.71. The standard InChI is InChI=1S/C17H28N2O2/c1-5-11-19-17(4,16(18)20)12-21-15-10-8-7-9-14(15)13(3)6-2/h7-10,13,19H,5-6,11-12H2,1-4H3,(H2,18,20). The van der Waals surface area contributed by atoms with Crippen LogP contribution in [0.15, 0.2) is 24.3 Å². The van der Waals surface area contributed by atoms with Gasteiger partial charge in [-0.15, -0.1) is 0 Å². The molecule has 0 spiro atoms. The van der Waals surface area contributed by atoms with Crippen LogP contribution in [0, 0.1) is 0 Å². The number of ether oxygens (including phenoxy) is 1. The van der Waals surface area contributed by atoms with Gasteiger partial charge in [0.05, 0.1) is 0 Å². The highest BCUT2D eigenvalue weighted by Gasteiger charge is 2.31. The molecule has 0 fully saturated rings. The van der Waals surface area contributed by atoms with Crippen LogP contribution in [0.4, 0.5) is 0 Å². The van der Waals surface area contributed by atoms with Crippen molar-refractivity contribution in [1.29, 1.82) is 0 Å². The van der Waals surface area contributed by atoms with Crippen LogP contribution in [0.2, 0.25) is 0 Å². The lowest BCUT2D eigenvalue weighted by Gasteiger charge is -2.28. The van der Waals surface area contributed by atoms with Crippen molar-refractivity contribution in [3.8, 4) is 5.75 Å². The van der Waals surface area contributed by atoms with E-state index in [-0.39, 0.29) is 6.61 Å². The molecule has 0 radical (unpaired) electrons. The Morgan fingerprint density at radius 3 is 2.62 bits per heavy atom. The quantitative estimate of drug-likeness (QED) is 0.735. The number of para-hydroxylation sites is 1. The molecule has 1 aromatic carbocycles. The summed E-state index contributed by atoms with van der Waals surface area (Å²) in [5.74, 6) is 0.860. The summed E-state index contributed by atoms with van der Waals surface area (Å²) in [6.45, 7) is 9.12. The molecule has 4 heteroatoms. The van der Waals surface area contributed by atoms with Gasteiger partial charge in [0, 0.05) is 0 Å². The number of rotatable bonds is 9. The maximum Gasteiger partial charge on any atom is 0.240 e. The smallest absolute Gasteiger partial charge is 0.240 e. The SMILES string of the molecule is CCCNC(C)(COc1ccccc1C(C)CC)C(N)=O.